The topological polar surface area (TPSA) is 95.2 Å². The monoisotopic (exact) mass is 459 g/mol. The molecule has 152 valence electrons. The molecular weight excluding hydrogens is 445 g/mol. The van der Waals surface area contributed by atoms with Crippen LogP contribution in [0, 0.1) is 11.3 Å². The summed E-state index contributed by atoms with van der Waals surface area (Å²) in [7, 11) is 1.41. The number of hydrogen-bond donors (Lipinski definition) is 2. The van der Waals surface area contributed by atoms with Crippen molar-refractivity contribution < 1.29 is 14.6 Å². The lowest BCUT2D eigenvalue weighted by Crippen LogP contribution is -2.13. The molecule has 1 amide bonds. The van der Waals surface area contributed by atoms with Crippen LogP contribution in [-0.4, -0.2) is 23.1 Å². The Morgan fingerprint density at radius 3 is 2.90 bits per heavy atom. The number of aromatic hydroxyl groups is 1. The third-order valence-corrected chi connectivity index (χ3v) is 5.82. The van der Waals surface area contributed by atoms with Gasteiger partial charge >= 0.3 is 0 Å². The van der Waals surface area contributed by atoms with E-state index >= 15 is 0 Å². The van der Waals surface area contributed by atoms with Gasteiger partial charge in [0.05, 0.1) is 17.2 Å². The average Bonchev–Trinajstić information content (AvgIpc) is 3.17. The Kier molecular flexibility index (Phi) is 6.95. The number of amides is 1. The SMILES string of the molecule is COc1cc(/C=C(\C#N)C(=O)Nc2ncc(Cc3cccc(Cl)c3Cl)s2)ccc1O. The van der Waals surface area contributed by atoms with Gasteiger partial charge in [-0.3, -0.25) is 10.1 Å². The smallest absolute Gasteiger partial charge is 0.268 e. The minimum Gasteiger partial charge on any atom is -0.504 e. The zero-order valence-electron chi connectivity index (χ0n) is 15.6. The second-order valence-electron chi connectivity index (χ2n) is 6.08. The molecule has 6 nitrogen and oxygen atoms in total. The van der Waals surface area contributed by atoms with E-state index in [0.717, 1.165) is 10.4 Å². The number of methoxy groups -OCH3 is 1. The van der Waals surface area contributed by atoms with Crippen LogP contribution in [0.5, 0.6) is 11.5 Å². The number of phenols is 1. The lowest BCUT2D eigenvalue weighted by molar-refractivity contribution is -0.112. The van der Waals surface area contributed by atoms with Crippen LogP contribution in [0.2, 0.25) is 10.0 Å². The Morgan fingerprint density at radius 1 is 1.37 bits per heavy atom. The minimum atomic E-state index is -0.591. The average molecular weight is 460 g/mol. The largest absolute Gasteiger partial charge is 0.504 e. The third-order valence-electron chi connectivity index (χ3n) is 4.05. The van der Waals surface area contributed by atoms with Gasteiger partial charge in [-0.2, -0.15) is 5.26 Å². The first kappa shape index (κ1) is 21.7. The van der Waals surface area contributed by atoms with E-state index in [4.69, 9.17) is 27.9 Å². The van der Waals surface area contributed by atoms with E-state index in [1.54, 1.807) is 18.3 Å². The highest BCUT2D eigenvalue weighted by atomic mass is 35.5. The number of phenolic OH excluding ortho intramolecular Hbond substituents is 1. The molecule has 3 aromatic rings. The lowest BCUT2D eigenvalue weighted by Gasteiger charge is -2.05. The van der Waals surface area contributed by atoms with Crippen LogP contribution < -0.4 is 10.1 Å². The van der Waals surface area contributed by atoms with Gasteiger partial charge in [0.2, 0.25) is 0 Å². The highest BCUT2D eigenvalue weighted by Crippen LogP contribution is 2.30. The molecule has 0 aliphatic heterocycles. The highest BCUT2D eigenvalue weighted by Gasteiger charge is 2.14. The molecule has 0 radical (unpaired) electrons. The van der Waals surface area contributed by atoms with Gasteiger partial charge in [0.25, 0.3) is 5.91 Å². The minimum absolute atomic E-state index is 0.0345. The Morgan fingerprint density at radius 2 is 2.17 bits per heavy atom. The number of hydrogen-bond acceptors (Lipinski definition) is 6. The van der Waals surface area contributed by atoms with Crippen molar-refractivity contribution in [3.63, 3.8) is 0 Å². The number of thiazole rings is 1. The Bertz CT molecular complexity index is 1170. The van der Waals surface area contributed by atoms with E-state index in [0.29, 0.717) is 27.2 Å². The molecule has 0 saturated carbocycles. The van der Waals surface area contributed by atoms with Crippen molar-refractivity contribution in [3.8, 4) is 17.6 Å². The van der Waals surface area contributed by atoms with E-state index in [-0.39, 0.29) is 17.1 Å². The first-order valence-electron chi connectivity index (χ1n) is 8.59. The van der Waals surface area contributed by atoms with Crippen molar-refractivity contribution in [1.82, 2.24) is 4.98 Å². The number of carbonyl (C=O) groups is 1. The predicted molar refractivity (Wildman–Crippen MR) is 118 cm³/mol. The molecule has 0 atom stereocenters. The predicted octanol–water partition coefficient (Wildman–Crippen LogP) is 5.30. The second-order valence-corrected chi connectivity index (χ2v) is 7.98. The Labute approximate surface area is 187 Å². The summed E-state index contributed by atoms with van der Waals surface area (Å²) in [5.41, 5.74) is 1.27. The molecule has 30 heavy (non-hydrogen) atoms. The van der Waals surface area contributed by atoms with Crippen LogP contribution in [0.25, 0.3) is 6.08 Å². The summed E-state index contributed by atoms with van der Waals surface area (Å²) < 4.78 is 5.04. The van der Waals surface area contributed by atoms with E-state index in [2.05, 4.69) is 10.3 Å². The van der Waals surface area contributed by atoms with Gasteiger partial charge in [0.15, 0.2) is 16.6 Å². The number of benzene rings is 2. The summed E-state index contributed by atoms with van der Waals surface area (Å²) in [5, 5.41) is 23.0. The van der Waals surface area contributed by atoms with Gasteiger partial charge in [0.1, 0.15) is 11.6 Å². The van der Waals surface area contributed by atoms with E-state index < -0.39 is 5.91 Å². The summed E-state index contributed by atoms with van der Waals surface area (Å²) >= 11 is 13.5. The molecule has 2 N–H and O–H groups in total. The van der Waals surface area contributed by atoms with Crippen LogP contribution in [0.3, 0.4) is 0 Å². The number of anilines is 1. The van der Waals surface area contributed by atoms with E-state index in [1.807, 2.05) is 18.2 Å². The number of carbonyl (C=O) groups excluding carboxylic acids is 1. The van der Waals surface area contributed by atoms with Crippen LogP contribution in [0.15, 0.2) is 48.2 Å². The van der Waals surface area contributed by atoms with Gasteiger partial charge in [0, 0.05) is 17.5 Å². The van der Waals surface area contributed by atoms with Crippen LogP contribution in [-0.2, 0) is 11.2 Å². The molecule has 1 heterocycles. The molecule has 1 aromatic heterocycles. The molecule has 0 aliphatic rings. The molecule has 9 heteroatoms. The molecule has 0 aliphatic carbocycles. The summed E-state index contributed by atoms with van der Waals surface area (Å²) in [6.07, 6.45) is 3.55. The van der Waals surface area contributed by atoms with Crippen LogP contribution in [0.4, 0.5) is 5.13 Å². The second kappa shape index (κ2) is 9.63. The molecule has 0 bridgehead atoms. The number of ether oxygens (including phenoxy) is 1. The van der Waals surface area contributed by atoms with Crippen molar-refractivity contribution in [3.05, 3.63) is 74.2 Å². The quantitative estimate of drug-likeness (QED) is 0.385. The fourth-order valence-corrected chi connectivity index (χ4v) is 3.80. The number of aromatic nitrogens is 1. The molecular formula is C21H15Cl2N3O3S. The summed E-state index contributed by atoms with van der Waals surface area (Å²) in [6.45, 7) is 0. The normalized spacial score (nSPS) is 11.1. The maximum absolute atomic E-state index is 12.5. The van der Waals surface area contributed by atoms with Gasteiger partial charge in [-0.15, -0.1) is 11.3 Å². The number of rotatable bonds is 6. The van der Waals surface area contributed by atoms with E-state index in [9.17, 15) is 15.2 Å². The summed E-state index contributed by atoms with van der Waals surface area (Å²) in [4.78, 5) is 17.5. The molecule has 3 rings (SSSR count). The van der Waals surface area contributed by atoms with E-state index in [1.165, 1.54) is 36.7 Å². The summed E-state index contributed by atoms with van der Waals surface area (Å²) in [6, 6.07) is 11.8. The fraction of sp³-hybridized carbons (Fsp3) is 0.0952. The fourth-order valence-electron chi connectivity index (χ4n) is 2.58. The molecule has 0 spiro atoms. The Balaban J connectivity index is 1.73. The number of nitriles is 1. The summed E-state index contributed by atoms with van der Waals surface area (Å²) in [5.74, 6) is -0.385. The Hall–Kier alpha value is -3.05. The van der Waals surface area contributed by atoms with Crippen molar-refractivity contribution in [2.45, 2.75) is 6.42 Å². The first-order chi connectivity index (χ1) is 14.4. The zero-order valence-corrected chi connectivity index (χ0v) is 18.0. The highest BCUT2D eigenvalue weighted by molar-refractivity contribution is 7.15. The molecule has 2 aromatic carbocycles. The van der Waals surface area contributed by atoms with Gasteiger partial charge in [-0.25, -0.2) is 4.98 Å². The number of nitrogens with one attached hydrogen (secondary N) is 1. The number of nitrogens with zero attached hydrogens (tertiary/aromatic N) is 2. The molecule has 0 saturated heterocycles. The molecule has 0 fully saturated rings. The van der Waals surface area contributed by atoms with Crippen molar-refractivity contribution in [2.24, 2.45) is 0 Å². The standard InChI is InChI=1S/C21H15Cl2N3O3S/c1-29-18-8-12(5-6-17(18)27)7-14(10-24)20(28)26-21-25-11-15(30-21)9-13-3-2-4-16(22)19(13)23/h2-8,11,27H,9H2,1H3,(H,25,26,28)/b14-7+. The van der Waals surface area contributed by atoms with Gasteiger partial charge < -0.3 is 9.84 Å². The lowest BCUT2D eigenvalue weighted by atomic mass is 10.1. The van der Waals surface area contributed by atoms with Gasteiger partial charge in [-0.1, -0.05) is 41.4 Å². The zero-order chi connectivity index (χ0) is 21.7. The number of halogens is 2. The maximum atomic E-state index is 12.5. The maximum Gasteiger partial charge on any atom is 0.268 e. The van der Waals surface area contributed by atoms with Gasteiger partial charge in [-0.05, 0) is 35.4 Å². The van der Waals surface area contributed by atoms with Crippen molar-refractivity contribution >= 4 is 51.7 Å². The van der Waals surface area contributed by atoms with Crippen LogP contribution >= 0.6 is 34.5 Å². The molecule has 0 unspecified atom stereocenters. The van der Waals surface area contributed by atoms with Crippen LogP contribution in [0.1, 0.15) is 16.0 Å². The van der Waals surface area contributed by atoms with Crippen molar-refractivity contribution in [1.29, 1.82) is 5.26 Å². The first-order valence-corrected chi connectivity index (χ1v) is 10.2. The third kappa shape index (κ3) is 5.10. The van der Waals surface area contributed by atoms with Crippen molar-refractivity contribution in [2.75, 3.05) is 12.4 Å².